The van der Waals surface area contributed by atoms with Gasteiger partial charge in [-0.15, -0.1) is 11.3 Å². The molecule has 9 nitrogen and oxygen atoms in total. The van der Waals surface area contributed by atoms with Crippen LogP contribution in [0.3, 0.4) is 0 Å². The summed E-state index contributed by atoms with van der Waals surface area (Å²) in [6.07, 6.45) is 0. The monoisotopic (exact) mass is 442 g/mol. The van der Waals surface area contributed by atoms with E-state index in [4.69, 9.17) is 9.47 Å². The maximum atomic E-state index is 13.0. The molecule has 0 radical (unpaired) electrons. The lowest BCUT2D eigenvalue weighted by atomic mass is 10.1. The molecule has 5 rings (SSSR count). The number of carbonyl (C=O) groups is 1. The van der Waals surface area contributed by atoms with Crippen LogP contribution in [-0.2, 0) is 20.6 Å². The van der Waals surface area contributed by atoms with E-state index >= 15 is 0 Å². The molecular formula is C21H22N4O5S. The Morgan fingerprint density at radius 1 is 1.00 bits per heavy atom. The summed E-state index contributed by atoms with van der Waals surface area (Å²) in [5.74, 6) is 1.45. The molecule has 162 valence electrons. The molecular weight excluding hydrogens is 420 g/mol. The number of ether oxygens (including phenoxy) is 2. The van der Waals surface area contributed by atoms with Crippen LogP contribution >= 0.6 is 11.3 Å². The molecule has 1 amide bonds. The lowest BCUT2D eigenvalue weighted by Crippen LogP contribution is -2.48. The lowest BCUT2D eigenvalue weighted by molar-refractivity contribution is 0.0633. The number of aromatic nitrogens is 2. The highest BCUT2D eigenvalue weighted by Gasteiger charge is 2.25. The second kappa shape index (κ2) is 7.54. The second-order valence-electron chi connectivity index (χ2n) is 7.79. The van der Waals surface area contributed by atoms with Gasteiger partial charge in [-0.25, -0.2) is 4.79 Å². The van der Waals surface area contributed by atoms with Gasteiger partial charge in [0.05, 0.1) is 10.3 Å². The van der Waals surface area contributed by atoms with E-state index < -0.39 is 5.69 Å². The standard InChI is InChI=1S/C21H22N4O5S/c1-22-18(26)14-10-17(31-20(14)23(2)21(22)28)19(27)25-7-5-24(6-8-25)11-13-3-4-15-16(9-13)30-12-29-15/h3-4,9-10H,5-8,11-12H2,1-2H3. The predicted octanol–water partition coefficient (Wildman–Crippen LogP) is 0.985. The molecule has 2 aliphatic rings. The number of benzene rings is 1. The fourth-order valence-corrected chi connectivity index (χ4v) is 5.10. The van der Waals surface area contributed by atoms with E-state index in [0.29, 0.717) is 28.2 Å². The van der Waals surface area contributed by atoms with E-state index in [9.17, 15) is 14.4 Å². The number of hydrogen-bond donors (Lipinski definition) is 0. The van der Waals surface area contributed by atoms with Crippen molar-refractivity contribution >= 4 is 27.5 Å². The van der Waals surface area contributed by atoms with Gasteiger partial charge in [0, 0.05) is 46.8 Å². The first kappa shape index (κ1) is 19.8. The summed E-state index contributed by atoms with van der Waals surface area (Å²) >= 11 is 1.20. The number of thiophene rings is 1. The Balaban J connectivity index is 1.28. The van der Waals surface area contributed by atoms with Crippen LogP contribution in [0, 0.1) is 0 Å². The van der Waals surface area contributed by atoms with E-state index in [2.05, 4.69) is 4.90 Å². The number of amides is 1. The summed E-state index contributed by atoms with van der Waals surface area (Å²) in [5.41, 5.74) is 0.378. The van der Waals surface area contributed by atoms with Crippen LogP contribution in [0.15, 0.2) is 33.9 Å². The summed E-state index contributed by atoms with van der Waals surface area (Å²) < 4.78 is 13.3. The molecule has 0 atom stereocenters. The van der Waals surface area contributed by atoms with Gasteiger partial charge in [-0.05, 0) is 23.8 Å². The summed E-state index contributed by atoms with van der Waals surface area (Å²) in [7, 11) is 3.06. The molecule has 0 unspecified atom stereocenters. The van der Waals surface area contributed by atoms with Crippen molar-refractivity contribution in [2.45, 2.75) is 6.54 Å². The SMILES string of the molecule is Cn1c(=O)c2cc(C(=O)N3CCN(Cc4ccc5c(c4)OCO5)CC3)sc2n(C)c1=O. The maximum Gasteiger partial charge on any atom is 0.331 e. The Labute approximate surface area is 181 Å². The van der Waals surface area contributed by atoms with Crippen molar-refractivity contribution < 1.29 is 14.3 Å². The van der Waals surface area contributed by atoms with Gasteiger partial charge in [-0.2, -0.15) is 0 Å². The average molecular weight is 442 g/mol. The molecule has 0 saturated carbocycles. The average Bonchev–Trinajstić information content (AvgIpc) is 3.43. The summed E-state index contributed by atoms with van der Waals surface area (Å²) in [5, 5.41) is 0.402. The number of fused-ring (bicyclic) bond motifs is 2. The largest absolute Gasteiger partial charge is 0.454 e. The molecule has 31 heavy (non-hydrogen) atoms. The first-order chi connectivity index (χ1) is 14.9. The second-order valence-corrected chi connectivity index (χ2v) is 8.82. The Morgan fingerprint density at radius 2 is 1.74 bits per heavy atom. The first-order valence-corrected chi connectivity index (χ1v) is 10.8. The number of hydrogen-bond acceptors (Lipinski definition) is 7. The van der Waals surface area contributed by atoms with Crippen LogP contribution in [0.2, 0.25) is 0 Å². The minimum absolute atomic E-state index is 0.0987. The highest BCUT2D eigenvalue weighted by atomic mass is 32.1. The van der Waals surface area contributed by atoms with Gasteiger partial charge < -0.3 is 14.4 Å². The van der Waals surface area contributed by atoms with Crippen LogP contribution in [0.5, 0.6) is 11.5 Å². The molecule has 10 heteroatoms. The van der Waals surface area contributed by atoms with E-state index in [1.807, 2.05) is 23.1 Å². The summed E-state index contributed by atoms with van der Waals surface area (Å²) in [6, 6.07) is 7.58. The van der Waals surface area contributed by atoms with Crippen LogP contribution in [-0.4, -0.2) is 57.8 Å². The van der Waals surface area contributed by atoms with E-state index in [-0.39, 0.29) is 18.3 Å². The zero-order valence-electron chi connectivity index (χ0n) is 17.3. The molecule has 1 fully saturated rings. The normalized spacial score (nSPS) is 16.3. The topological polar surface area (TPSA) is 86.0 Å². The van der Waals surface area contributed by atoms with Gasteiger partial charge in [0.25, 0.3) is 11.5 Å². The zero-order chi connectivity index (χ0) is 21.7. The van der Waals surface area contributed by atoms with Crippen molar-refractivity contribution in [3.8, 4) is 11.5 Å². The molecule has 0 aliphatic carbocycles. The van der Waals surface area contributed by atoms with Gasteiger partial charge in [-0.3, -0.25) is 23.6 Å². The van der Waals surface area contributed by atoms with Gasteiger partial charge in [0.2, 0.25) is 6.79 Å². The van der Waals surface area contributed by atoms with Gasteiger partial charge in [0.1, 0.15) is 4.83 Å². The molecule has 0 N–H and O–H groups in total. The maximum absolute atomic E-state index is 13.0. The van der Waals surface area contributed by atoms with E-state index in [0.717, 1.165) is 41.3 Å². The van der Waals surface area contributed by atoms with Gasteiger partial charge in [-0.1, -0.05) is 6.07 Å². The summed E-state index contributed by atoms with van der Waals surface area (Å²) in [4.78, 5) is 42.7. The molecule has 2 aromatic heterocycles. The van der Waals surface area contributed by atoms with Crippen molar-refractivity contribution in [3.05, 3.63) is 55.5 Å². The zero-order valence-corrected chi connectivity index (χ0v) is 18.1. The summed E-state index contributed by atoms with van der Waals surface area (Å²) in [6.45, 7) is 3.76. The fourth-order valence-electron chi connectivity index (χ4n) is 4.03. The highest BCUT2D eigenvalue weighted by molar-refractivity contribution is 7.20. The third kappa shape index (κ3) is 3.41. The Kier molecular flexibility index (Phi) is 4.82. The Bertz CT molecular complexity index is 1300. The van der Waals surface area contributed by atoms with E-state index in [1.165, 1.54) is 23.0 Å². The van der Waals surface area contributed by atoms with Crippen molar-refractivity contribution in [1.29, 1.82) is 0 Å². The highest BCUT2D eigenvalue weighted by Crippen LogP contribution is 2.33. The third-order valence-electron chi connectivity index (χ3n) is 5.84. The van der Waals surface area contributed by atoms with Gasteiger partial charge >= 0.3 is 5.69 Å². The van der Waals surface area contributed by atoms with Crippen molar-refractivity contribution in [2.75, 3.05) is 33.0 Å². The lowest BCUT2D eigenvalue weighted by Gasteiger charge is -2.34. The predicted molar refractivity (Wildman–Crippen MR) is 116 cm³/mol. The Morgan fingerprint density at radius 3 is 2.52 bits per heavy atom. The first-order valence-electron chi connectivity index (χ1n) is 10.0. The third-order valence-corrected chi connectivity index (χ3v) is 7.04. The molecule has 1 saturated heterocycles. The number of rotatable bonds is 3. The van der Waals surface area contributed by atoms with Gasteiger partial charge in [0.15, 0.2) is 11.5 Å². The minimum atomic E-state index is -0.393. The molecule has 0 bridgehead atoms. The van der Waals surface area contributed by atoms with Crippen LogP contribution in [0.25, 0.3) is 10.2 Å². The molecule has 0 spiro atoms. The van der Waals surface area contributed by atoms with Crippen LogP contribution < -0.4 is 20.7 Å². The number of aryl methyl sites for hydroxylation is 1. The molecule has 4 heterocycles. The number of nitrogens with zero attached hydrogens (tertiary/aromatic N) is 4. The van der Waals surface area contributed by atoms with Crippen LogP contribution in [0.1, 0.15) is 15.2 Å². The molecule has 2 aliphatic heterocycles. The van der Waals surface area contributed by atoms with Crippen molar-refractivity contribution in [3.63, 3.8) is 0 Å². The molecule has 1 aromatic carbocycles. The fraction of sp³-hybridized carbons (Fsp3) is 0.381. The minimum Gasteiger partial charge on any atom is -0.454 e. The quantitative estimate of drug-likeness (QED) is 0.601. The van der Waals surface area contributed by atoms with Crippen molar-refractivity contribution in [2.24, 2.45) is 14.1 Å². The smallest absolute Gasteiger partial charge is 0.331 e. The number of piperazine rings is 1. The molecule has 3 aromatic rings. The van der Waals surface area contributed by atoms with Crippen molar-refractivity contribution in [1.82, 2.24) is 18.9 Å². The Hall–Kier alpha value is -3.11. The number of carbonyl (C=O) groups excluding carboxylic acids is 1. The van der Waals surface area contributed by atoms with Crippen LogP contribution in [0.4, 0.5) is 0 Å². The van der Waals surface area contributed by atoms with E-state index in [1.54, 1.807) is 13.1 Å².